The average Bonchev–Trinajstić information content (AvgIpc) is 3.17. The van der Waals surface area contributed by atoms with Crippen LogP contribution < -0.4 is 9.47 Å². The molecule has 1 aromatic heterocycles. The molecule has 1 fully saturated rings. The second-order valence-corrected chi connectivity index (χ2v) is 7.66. The molecule has 2 aromatic carbocycles. The molecule has 6 heteroatoms. The van der Waals surface area contributed by atoms with E-state index >= 15 is 0 Å². The summed E-state index contributed by atoms with van der Waals surface area (Å²) in [6, 6.07) is 11.9. The van der Waals surface area contributed by atoms with E-state index in [9.17, 15) is 4.79 Å². The van der Waals surface area contributed by atoms with Crippen LogP contribution in [0.5, 0.6) is 11.5 Å². The van der Waals surface area contributed by atoms with E-state index in [-0.39, 0.29) is 5.91 Å². The Morgan fingerprint density at radius 3 is 2.59 bits per heavy atom. The number of H-pyrrole nitrogens is 1. The third-order valence-electron chi connectivity index (χ3n) is 5.69. The van der Waals surface area contributed by atoms with Crippen molar-refractivity contribution in [2.75, 3.05) is 27.3 Å². The van der Waals surface area contributed by atoms with Gasteiger partial charge in [-0.2, -0.15) is 0 Å². The van der Waals surface area contributed by atoms with Crippen molar-refractivity contribution in [2.24, 2.45) is 0 Å². The smallest absolute Gasteiger partial charge is 0.226 e. The maximum Gasteiger partial charge on any atom is 0.226 e. The van der Waals surface area contributed by atoms with Gasteiger partial charge in [0.2, 0.25) is 5.91 Å². The molecule has 4 rings (SSSR count). The highest BCUT2D eigenvalue weighted by Gasteiger charge is 2.26. The molecule has 0 unspecified atom stereocenters. The molecule has 0 saturated carbocycles. The van der Waals surface area contributed by atoms with Gasteiger partial charge in [0.15, 0.2) is 11.5 Å². The number of fused-ring (bicyclic) bond motifs is 1. The van der Waals surface area contributed by atoms with Crippen molar-refractivity contribution >= 4 is 16.9 Å². The second kappa shape index (κ2) is 8.15. The number of aryl methyl sites for hydroxylation is 1. The fourth-order valence-electron chi connectivity index (χ4n) is 4.02. The molecule has 0 aliphatic carbocycles. The number of hydrogen-bond acceptors (Lipinski definition) is 4. The van der Waals surface area contributed by atoms with Crippen molar-refractivity contribution in [3.8, 4) is 11.5 Å². The summed E-state index contributed by atoms with van der Waals surface area (Å²) in [5.74, 6) is 2.88. The van der Waals surface area contributed by atoms with Gasteiger partial charge >= 0.3 is 0 Å². The van der Waals surface area contributed by atoms with Gasteiger partial charge in [-0.05, 0) is 55.2 Å². The van der Waals surface area contributed by atoms with E-state index in [2.05, 4.69) is 30.1 Å². The Bertz CT molecular complexity index is 1020. The quantitative estimate of drug-likeness (QED) is 0.715. The maximum atomic E-state index is 12.8. The van der Waals surface area contributed by atoms with Crippen LogP contribution in [0.1, 0.15) is 35.7 Å². The Morgan fingerprint density at radius 1 is 1.10 bits per heavy atom. The third kappa shape index (κ3) is 4.06. The van der Waals surface area contributed by atoms with E-state index in [1.54, 1.807) is 14.2 Å². The molecule has 1 aliphatic heterocycles. The van der Waals surface area contributed by atoms with E-state index in [0.29, 0.717) is 23.8 Å². The van der Waals surface area contributed by atoms with Crippen LogP contribution in [-0.2, 0) is 11.2 Å². The predicted molar refractivity (Wildman–Crippen MR) is 113 cm³/mol. The molecule has 3 aromatic rings. The lowest BCUT2D eigenvalue weighted by molar-refractivity contribution is -0.131. The summed E-state index contributed by atoms with van der Waals surface area (Å²) in [4.78, 5) is 23.0. The number of hydrogen-bond donors (Lipinski definition) is 1. The molecule has 2 heterocycles. The van der Waals surface area contributed by atoms with Crippen LogP contribution in [0.3, 0.4) is 0 Å². The number of nitrogens with one attached hydrogen (secondary N) is 1. The molecule has 1 N–H and O–H groups in total. The van der Waals surface area contributed by atoms with E-state index in [0.717, 1.165) is 48.4 Å². The largest absolute Gasteiger partial charge is 0.493 e. The van der Waals surface area contributed by atoms with Gasteiger partial charge in [0, 0.05) is 19.0 Å². The molecule has 152 valence electrons. The van der Waals surface area contributed by atoms with Gasteiger partial charge in [-0.3, -0.25) is 4.79 Å². The molecule has 0 spiro atoms. The molecule has 1 amide bonds. The van der Waals surface area contributed by atoms with Crippen LogP contribution in [0.15, 0.2) is 36.4 Å². The van der Waals surface area contributed by atoms with Crippen molar-refractivity contribution in [1.29, 1.82) is 0 Å². The zero-order valence-electron chi connectivity index (χ0n) is 17.2. The van der Waals surface area contributed by atoms with Gasteiger partial charge in [0.25, 0.3) is 0 Å². The fourth-order valence-corrected chi connectivity index (χ4v) is 4.02. The number of rotatable bonds is 5. The third-order valence-corrected chi connectivity index (χ3v) is 5.69. The molecule has 1 aliphatic rings. The highest BCUT2D eigenvalue weighted by molar-refractivity contribution is 5.79. The van der Waals surface area contributed by atoms with Crippen LogP contribution in [0.25, 0.3) is 11.0 Å². The fraction of sp³-hybridized carbons (Fsp3) is 0.391. The summed E-state index contributed by atoms with van der Waals surface area (Å²) in [5.41, 5.74) is 4.26. The Kier molecular flexibility index (Phi) is 5.43. The number of benzene rings is 2. The predicted octanol–water partition coefficient (Wildman–Crippen LogP) is 3.84. The normalized spacial score (nSPS) is 14.9. The van der Waals surface area contributed by atoms with Crippen LogP contribution >= 0.6 is 0 Å². The van der Waals surface area contributed by atoms with Gasteiger partial charge in [-0.15, -0.1) is 0 Å². The van der Waals surface area contributed by atoms with Crippen molar-refractivity contribution in [2.45, 2.75) is 32.1 Å². The first-order chi connectivity index (χ1) is 14.1. The van der Waals surface area contributed by atoms with Gasteiger partial charge in [-0.25, -0.2) is 4.98 Å². The van der Waals surface area contributed by atoms with Gasteiger partial charge in [0.05, 0.1) is 31.7 Å². The summed E-state index contributed by atoms with van der Waals surface area (Å²) in [5, 5.41) is 0. The van der Waals surface area contributed by atoms with Crippen molar-refractivity contribution in [3.05, 3.63) is 53.3 Å². The Hall–Kier alpha value is -3.02. The lowest BCUT2D eigenvalue weighted by Crippen LogP contribution is -2.39. The SMILES string of the molecule is COc1ccc(CC(=O)N2CCC(c3nc4ccc(C)cc4[nH]3)CC2)cc1OC. The van der Waals surface area contributed by atoms with Crippen LogP contribution in [-0.4, -0.2) is 48.1 Å². The number of nitrogens with zero attached hydrogens (tertiary/aromatic N) is 2. The van der Waals surface area contributed by atoms with Crippen molar-refractivity contribution < 1.29 is 14.3 Å². The summed E-state index contributed by atoms with van der Waals surface area (Å²) in [6.45, 7) is 3.60. The summed E-state index contributed by atoms with van der Waals surface area (Å²) in [6.07, 6.45) is 2.22. The Labute approximate surface area is 170 Å². The lowest BCUT2D eigenvalue weighted by atomic mass is 9.95. The number of carbonyl (C=O) groups is 1. The number of ether oxygens (including phenoxy) is 2. The van der Waals surface area contributed by atoms with Crippen LogP contribution in [0, 0.1) is 6.92 Å². The molecular formula is C23H27N3O3. The molecule has 0 bridgehead atoms. The number of piperidine rings is 1. The number of aromatic amines is 1. The van der Waals surface area contributed by atoms with Crippen LogP contribution in [0.2, 0.25) is 0 Å². The number of methoxy groups -OCH3 is 2. The first-order valence-electron chi connectivity index (χ1n) is 10.0. The van der Waals surface area contributed by atoms with E-state index in [1.165, 1.54) is 5.56 Å². The first kappa shape index (κ1) is 19.3. The summed E-state index contributed by atoms with van der Waals surface area (Å²) in [7, 11) is 3.21. The van der Waals surface area contributed by atoms with Gasteiger partial charge in [0.1, 0.15) is 5.82 Å². The van der Waals surface area contributed by atoms with Crippen LogP contribution in [0.4, 0.5) is 0 Å². The second-order valence-electron chi connectivity index (χ2n) is 7.66. The number of likely N-dealkylation sites (tertiary alicyclic amines) is 1. The Morgan fingerprint density at radius 2 is 1.86 bits per heavy atom. The number of amides is 1. The van der Waals surface area contributed by atoms with E-state index in [1.807, 2.05) is 23.1 Å². The lowest BCUT2D eigenvalue weighted by Gasteiger charge is -2.31. The molecular weight excluding hydrogens is 366 g/mol. The molecule has 1 saturated heterocycles. The minimum atomic E-state index is 0.149. The van der Waals surface area contributed by atoms with E-state index in [4.69, 9.17) is 14.5 Å². The minimum absolute atomic E-state index is 0.149. The summed E-state index contributed by atoms with van der Waals surface area (Å²) >= 11 is 0. The molecule has 0 atom stereocenters. The number of imidazole rings is 1. The van der Waals surface area contributed by atoms with E-state index < -0.39 is 0 Å². The summed E-state index contributed by atoms with van der Waals surface area (Å²) < 4.78 is 10.6. The van der Waals surface area contributed by atoms with Gasteiger partial charge in [-0.1, -0.05) is 12.1 Å². The zero-order chi connectivity index (χ0) is 20.4. The molecule has 6 nitrogen and oxygen atoms in total. The highest BCUT2D eigenvalue weighted by Crippen LogP contribution is 2.30. The monoisotopic (exact) mass is 393 g/mol. The van der Waals surface area contributed by atoms with Crippen molar-refractivity contribution in [1.82, 2.24) is 14.9 Å². The zero-order valence-corrected chi connectivity index (χ0v) is 17.2. The topological polar surface area (TPSA) is 67.5 Å². The highest BCUT2D eigenvalue weighted by atomic mass is 16.5. The standard InChI is InChI=1S/C23H27N3O3/c1-15-4-6-18-19(12-15)25-23(24-18)17-8-10-26(11-9-17)22(27)14-16-5-7-20(28-2)21(13-16)29-3/h4-7,12-13,17H,8-11,14H2,1-3H3,(H,24,25). The average molecular weight is 393 g/mol. The van der Waals surface area contributed by atoms with Gasteiger partial charge < -0.3 is 19.4 Å². The maximum absolute atomic E-state index is 12.8. The number of carbonyl (C=O) groups excluding carboxylic acids is 1. The molecule has 0 radical (unpaired) electrons. The number of aromatic nitrogens is 2. The van der Waals surface area contributed by atoms with Crippen molar-refractivity contribution in [3.63, 3.8) is 0 Å². The minimum Gasteiger partial charge on any atom is -0.493 e. The first-order valence-corrected chi connectivity index (χ1v) is 10.0. The molecule has 29 heavy (non-hydrogen) atoms. The Balaban J connectivity index is 1.38.